The molecule has 0 aliphatic rings. The molecule has 1 heterocycles. The molecule has 0 amide bonds. The van der Waals surface area contributed by atoms with E-state index in [-0.39, 0.29) is 0 Å². The summed E-state index contributed by atoms with van der Waals surface area (Å²) in [5.41, 5.74) is 3.92. The number of aryl methyl sites for hydroxylation is 3. The van der Waals surface area contributed by atoms with Gasteiger partial charge in [-0.2, -0.15) is 0 Å². The fraction of sp³-hybridized carbons (Fsp3) is 0.643. The van der Waals surface area contributed by atoms with Crippen LogP contribution in [0, 0.1) is 6.92 Å². The maximum absolute atomic E-state index is 4.66. The van der Waals surface area contributed by atoms with Crippen LogP contribution < -0.4 is 0 Å². The lowest BCUT2D eigenvalue weighted by molar-refractivity contribution is 0.760. The van der Waals surface area contributed by atoms with Gasteiger partial charge in [-0.15, -0.1) is 0 Å². The molecule has 1 rings (SSSR count). The highest BCUT2D eigenvalue weighted by Crippen LogP contribution is 2.11. The third kappa shape index (κ3) is 4.03. The number of hydrogen-bond donors (Lipinski definition) is 0. The van der Waals surface area contributed by atoms with Crippen LogP contribution >= 0.6 is 0 Å². The van der Waals surface area contributed by atoms with Crippen molar-refractivity contribution < 1.29 is 0 Å². The molecule has 1 nitrogen and oxygen atoms in total. The Hall–Kier alpha value is -0.850. The van der Waals surface area contributed by atoms with Crippen LogP contribution in [0.2, 0.25) is 0 Å². The molecular weight excluding hydrogens is 182 g/mol. The zero-order valence-corrected chi connectivity index (χ0v) is 10.3. The van der Waals surface area contributed by atoms with Gasteiger partial charge >= 0.3 is 0 Å². The van der Waals surface area contributed by atoms with Gasteiger partial charge in [-0.25, -0.2) is 0 Å². The van der Waals surface area contributed by atoms with Crippen molar-refractivity contribution in [2.24, 2.45) is 0 Å². The molecule has 0 saturated heterocycles. The lowest BCUT2D eigenvalue weighted by Crippen LogP contribution is -1.97. The van der Waals surface area contributed by atoms with Crippen LogP contribution in [-0.2, 0) is 12.8 Å². The number of nitrogens with zero attached hydrogens (tertiary/aromatic N) is 1. The molecule has 0 aliphatic carbocycles. The highest BCUT2D eigenvalue weighted by atomic mass is 14.7. The summed E-state index contributed by atoms with van der Waals surface area (Å²) in [6.07, 6.45) is 7.35. The van der Waals surface area contributed by atoms with Gasteiger partial charge in [-0.3, -0.25) is 4.98 Å². The molecular formula is C14H23N. The van der Waals surface area contributed by atoms with Crippen LogP contribution in [0.25, 0.3) is 0 Å². The van der Waals surface area contributed by atoms with E-state index in [0.29, 0.717) is 0 Å². The van der Waals surface area contributed by atoms with Gasteiger partial charge in [0.15, 0.2) is 0 Å². The summed E-state index contributed by atoms with van der Waals surface area (Å²) in [6, 6.07) is 4.47. The van der Waals surface area contributed by atoms with E-state index in [1.807, 2.05) is 0 Å². The number of hydrogen-bond acceptors (Lipinski definition) is 1. The molecule has 0 spiro atoms. The smallest absolute Gasteiger partial charge is 0.0407 e. The van der Waals surface area contributed by atoms with E-state index in [2.05, 4.69) is 37.9 Å². The summed E-state index contributed by atoms with van der Waals surface area (Å²) in [7, 11) is 0. The van der Waals surface area contributed by atoms with E-state index >= 15 is 0 Å². The molecule has 15 heavy (non-hydrogen) atoms. The number of pyridine rings is 1. The van der Waals surface area contributed by atoms with Crippen LogP contribution in [0.15, 0.2) is 12.1 Å². The second-order valence-corrected chi connectivity index (χ2v) is 4.25. The quantitative estimate of drug-likeness (QED) is 0.682. The van der Waals surface area contributed by atoms with Crippen LogP contribution in [0.4, 0.5) is 0 Å². The average molecular weight is 205 g/mol. The van der Waals surface area contributed by atoms with Crippen molar-refractivity contribution in [2.75, 3.05) is 0 Å². The van der Waals surface area contributed by atoms with E-state index in [1.54, 1.807) is 0 Å². The zero-order valence-electron chi connectivity index (χ0n) is 10.3. The van der Waals surface area contributed by atoms with Crippen molar-refractivity contribution >= 4 is 0 Å². The Balaban J connectivity index is 2.61. The number of rotatable bonds is 6. The van der Waals surface area contributed by atoms with Gasteiger partial charge in [0.1, 0.15) is 0 Å². The molecule has 0 fully saturated rings. The maximum atomic E-state index is 4.66. The Kier molecular flexibility index (Phi) is 5.38. The van der Waals surface area contributed by atoms with E-state index in [0.717, 1.165) is 6.42 Å². The Morgan fingerprint density at radius 2 is 1.67 bits per heavy atom. The highest BCUT2D eigenvalue weighted by Gasteiger charge is 2.01. The Morgan fingerprint density at radius 3 is 2.27 bits per heavy atom. The Morgan fingerprint density at radius 1 is 1.00 bits per heavy atom. The fourth-order valence-corrected chi connectivity index (χ4v) is 1.77. The molecule has 84 valence electrons. The van der Waals surface area contributed by atoms with Gasteiger partial charge in [-0.05, 0) is 44.2 Å². The van der Waals surface area contributed by atoms with Crippen molar-refractivity contribution in [2.45, 2.75) is 59.3 Å². The molecule has 0 aromatic carbocycles. The van der Waals surface area contributed by atoms with Gasteiger partial charge in [0.05, 0.1) is 0 Å². The predicted molar refractivity (Wildman–Crippen MR) is 66.2 cm³/mol. The molecule has 0 radical (unpaired) electrons. The van der Waals surface area contributed by atoms with Crippen LogP contribution in [-0.4, -0.2) is 4.98 Å². The molecule has 0 unspecified atom stereocenters. The van der Waals surface area contributed by atoms with E-state index < -0.39 is 0 Å². The van der Waals surface area contributed by atoms with Crippen molar-refractivity contribution in [3.05, 3.63) is 29.1 Å². The SMILES string of the molecule is CCCCc1ccc(CCCC)c(C)n1. The highest BCUT2D eigenvalue weighted by molar-refractivity contribution is 5.22. The molecule has 0 bridgehead atoms. The maximum Gasteiger partial charge on any atom is 0.0407 e. The molecule has 0 aliphatic heterocycles. The Bertz CT molecular complexity index is 291. The first-order chi connectivity index (χ1) is 7.27. The lowest BCUT2D eigenvalue weighted by atomic mass is 10.1. The predicted octanol–water partition coefficient (Wildman–Crippen LogP) is 4.08. The summed E-state index contributed by atoms with van der Waals surface area (Å²) in [6.45, 7) is 6.60. The van der Waals surface area contributed by atoms with Gasteiger partial charge in [0.25, 0.3) is 0 Å². The van der Waals surface area contributed by atoms with E-state index in [1.165, 1.54) is 49.1 Å². The Labute approximate surface area is 93.9 Å². The van der Waals surface area contributed by atoms with Crippen LogP contribution in [0.5, 0.6) is 0 Å². The first kappa shape index (κ1) is 12.2. The summed E-state index contributed by atoms with van der Waals surface area (Å²) in [5, 5.41) is 0. The molecule has 0 atom stereocenters. The molecule has 1 aromatic heterocycles. The summed E-state index contributed by atoms with van der Waals surface area (Å²) < 4.78 is 0. The minimum Gasteiger partial charge on any atom is -0.258 e. The van der Waals surface area contributed by atoms with Gasteiger partial charge in [0.2, 0.25) is 0 Å². The first-order valence-corrected chi connectivity index (χ1v) is 6.23. The number of aromatic nitrogens is 1. The standard InChI is InChI=1S/C14H23N/c1-4-6-8-13-10-11-14(9-7-5-2)15-12(13)3/h10-11H,4-9H2,1-3H3. The minimum absolute atomic E-state index is 1.13. The van der Waals surface area contributed by atoms with Crippen molar-refractivity contribution in [1.29, 1.82) is 0 Å². The molecule has 1 heteroatoms. The molecule has 1 aromatic rings. The van der Waals surface area contributed by atoms with Crippen molar-refractivity contribution in [1.82, 2.24) is 4.98 Å². The molecule has 0 N–H and O–H groups in total. The van der Waals surface area contributed by atoms with E-state index in [4.69, 9.17) is 0 Å². The van der Waals surface area contributed by atoms with Gasteiger partial charge < -0.3 is 0 Å². The first-order valence-electron chi connectivity index (χ1n) is 6.23. The average Bonchev–Trinajstić information content (AvgIpc) is 2.25. The lowest BCUT2D eigenvalue weighted by Gasteiger charge is -2.06. The zero-order chi connectivity index (χ0) is 11.1. The summed E-state index contributed by atoms with van der Waals surface area (Å²) in [4.78, 5) is 4.66. The minimum atomic E-state index is 1.13. The second kappa shape index (κ2) is 6.60. The summed E-state index contributed by atoms with van der Waals surface area (Å²) in [5.74, 6) is 0. The molecule has 0 saturated carbocycles. The normalized spacial score (nSPS) is 10.6. The van der Waals surface area contributed by atoms with Crippen LogP contribution in [0.1, 0.15) is 56.5 Å². The third-order valence-electron chi connectivity index (χ3n) is 2.84. The van der Waals surface area contributed by atoms with Crippen LogP contribution in [0.3, 0.4) is 0 Å². The van der Waals surface area contributed by atoms with Gasteiger partial charge in [-0.1, -0.05) is 32.8 Å². The van der Waals surface area contributed by atoms with Gasteiger partial charge in [0, 0.05) is 11.4 Å². The van der Waals surface area contributed by atoms with E-state index in [9.17, 15) is 0 Å². The van der Waals surface area contributed by atoms with Crippen molar-refractivity contribution in [3.63, 3.8) is 0 Å². The second-order valence-electron chi connectivity index (χ2n) is 4.25. The summed E-state index contributed by atoms with van der Waals surface area (Å²) >= 11 is 0. The largest absolute Gasteiger partial charge is 0.258 e. The number of unbranched alkanes of at least 4 members (excludes halogenated alkanes) is 2. The fourth-order valence-electron chi connectivity index (χ4n) is 1.77. The monoisotopic (exact) mass is 205 g/mol. The topological polar surface area (TPSA) is 12.9 Å². The van der Waals surface area contributed by atoms with Crippen molar-refractivity contribution in [3.8, 4) is 0 Å². The third-order valence-corrected chi connectivity index (χ3v) is 2.84.